The fourth-order valence-electron chi connectivity index (χ4n) is 0.838. The summed E-state index contributed by atoms with van der Waals surface area (Å²) in [5, 5.41) is 33.8. The number of hydrogen-bond donors (Lipinski definition) is 4. The lowest BCUT2D eigenvalue weighted by Crippen LogP contribution is -2.13. The minimum atomic E-state index is -1.26. The van der Waals surface area contributed by atoms with Gasteiger partial charge in [-0.2, -0.15) is 0 Å². The van der Waals surface area contributed by atoms with Crippen LogP contribution >= 0.6 is 0 Å². The first-order valence-electron chi connectivity index (χ1n) is 4.43. The van der Waals surface area contributed by atoms with Crippen LogP contribution in [0.5, 0.6) is 0 Å². The summed E-state index contributed by atoms with van der Waals surface area (Å²) in [6.45, 7) is 0.943. The van der Waals surface area contributed by atoms with Crippen molar-refractivity contribution in [2.45, 2.75) is 25.5 Å². The van der Waals surface area contributed by atoms with E-state index in [9.17, 15) is 0 Å². The fourth-order valence-corrected chi connectivity index (χ4v) is 0.838. The first-order valence-corrected chi connectivity index (χ1v) is 4.43. The maximum absolute atomic E-state index is 8.46. The van der Waals surface area contributed by atoms with Crippen LogP contribution in [0, 0.1) is 0 Å². The molecule has 0 spiro atoms. The molecule has 7 heteroatoms. The second-order valence-electron chi connectivity index (χ2n) is 2.86. The summed E-state index contributed by atoms with van der Waals surface area (Å²) in [4.78, 5) is 0. The minimum absolute atomic E-state index is 0.308. The molecule has 0 aliphatic carbocycles. The normalized spacial score (nSPS) is 10.2. The van der Waals surface area contributed by atoms with Gasteiger partial charge in [0.1, 0.15) is 0 Å². The van der Waals surface area contributed by atoms with Gasteiger partial charge in [-0.25, -0.2) is 0 Å². The van der Waals surface area contributed by atoms with Crippen molar-refractivity contribution in [1.82, 2.24) is 0 Å². The highest BCUT2D eigenvalue weighted by atomic mass is 16.5. The molecule has 0 radical (unpaired) electrons. The van der Waals surface area contributed by atoms with Crippen LogP contribution in [0.3, 0.4) is 0 Å². The van der Waals surface area contributed by atoms with E-state index in [0.29, 0.717) is 38.7 Å². The Kier molecular flexibility index (Phi) is 8.48. The molecule has 0 aliphatic rings. The van der Waals surface area contributed by atoms with Gasteiger partial charge in [-0.15, -0.1) is 0 Å². The second-order valence-corrected chi connectivity index (χ2v) is 2.86. The van der Waals surface area contributed by atoms with Crippen molar-refractivity contribution >= 4 is 14.2 Å². The monoisotopic (exact) mass is 190 g/mol. The standard InChI is InChI=1S/C6H16B2O5/c9-7(10)3-1-5-13-6-2-4-8(11)12/h9-12H,1-6H2. The average Bonchev–Trinajstić information content (AvgIpc) is 2.01. The van der Waals surface area contributed by atoms with E-state index in [-0.39, 0.29) is 0 Å². The molecule has 0 saturated carbocycles. The highest BCUT2D eigenvalue weighted by Crippen LogP contribution is 1.96. The highest BCUT2D eigenvalue weighted by molar-refractivity contribution is 6.41. The topological polar surface area (TPSA) is 90.2 Å². The summed E-state index contributed by atoms with van der Waals surface area (Å²) in [6, 6.07) is 0. The summed E-state index contributed by atoms with van der Waals surface area (Å²) in [6.07, 6.45) is 1.81. The molecule has 76 valence electrons. The van der Waals surface area contributed by atoms with Crippen LogP contribution in [-0.4, -0.2) is 47.5 Å². The zero-order valence-electron chi connectivity index (χ0n) is 7.59. The third-order valence-electron chi connectivity index (χ3n) is 1.50. The zero-order chi connectivity index (χ0) is 10.1. The quantitative estimate of drug-likeness (QED) is 0.283. The SMILES string of the molecule is OB(O)CCCOCCCB(O)O. The first-order chi connectivity index (χ1) is 6.13. The van der Waals surface area contributed by atoms with E-state index in [1.807, 2.05) is 0 Å². The van der Waals surface area contributed by atoms with Crippen LogP contribution in [0.15, 0.2) is 0 Å². The lowest BCUT2D eigenvalue weighted by Gasteiger charge is -2.03. The van der Waals surface area contributed by atoms with Crippen LogP contribution in [0.4, 0.5) is 0 Å². The molecule has 0 atom stereocenters. The van der Waals surface area contributed by atoms with Gasteiger partial charge in [-0.1, -0.05) is 0 Å². The third kappa shape index (κ3) is 11.9. The Morgan fingerprint density at radius 3 is 1.46 bits per heavy atom. The Bertz CT molecular complexity index is 99.2. The van der Waals surface area contributed by atoms with Gasteiger partial charge in [0.2, 0.25) is 0 Å². The van der Waals surface area contributed by atoms with Gasteiger partial charge in [-0.05, 0) is 25.5 Å². The largest absolute Gasteiger partial charge is 0.451 e. The van der Waals surface area contributed by atoms with Gasteiger partial charge in [0.05, 0.1) is 0 Å². The van der Waals surface area contributed by atoms with E-state index >= 15 is 0 Å². The Labute approximate surface area is 78.6 Å². The van der Waals surface area contributed by atoms with Crippen LogP contribution in [0.25, 0.3) is 0 Å². The van der Waals surface area contributed by atoms with Gasteiger partial charge < -0.3 is 24.8 Å². The molecule has 0 saturated heterocycles. The summed E-state index contributed by atoms with van der Waals surface area (Å²) in [5.74, 6) is 0. The Balaban J connectivity index is 2.92. The number of rotatable bonds is 8. The van der Waals surface area contributed by atoms with Crippen molar-refractivity contribution in [2.75, 3.05) is 13.2 Å². The van der Waals surface area contributed by atoms with Crippen LogP contribution in [0.2, 0.25) is 12.6 Å². The second kappa shape index (κ2) is 8.52. The molecule has 0 bridgehead atoms. The highest BCUT2D eigenvalue weighted by Gasteiger charge is 2.06. The Morgan fingerprint density at radius 1 is 0.769 bits per heavy atom. The van der Waals surface area contributed by atoms with Gasteiger partial charge in [-0.3, -0.25) is 0 Å². The summed E-state index contributed by atoms with van der Waals surface area (Å²) in [7, 11) is -2.52. The van der Waals surface area contributed by atoms with Crippen molar-refractivity contribution in [3.05, 3.63) is 0 Å². The molecule has 0 rings (SSSR count). The molecule has 5 nitrogen and oxygen atoms in total. The van der Waals surface area contributed by atoms with Gasteiger partial charge >= 0.3 is 14.2 Å². The van der Waals surface area contributed by atoms with Crippen LogP contribution in [0.1, 0.15) is 12.8 Å². The van der Waals surface area contributed by atoms with Crippen molar-refractivity contribution in [1.29, 1.82) is 0 Å². The van der Waals surface area contributed by atoms with Crippen LogP contribution in [-0.2, 0) is 4.74 Å². The molecule has 4 N–H and O–H groups in total. The van der Waals surface area contributed by atoms with Crippen molar-refractivity contribution in [3.8, 4) is 0 Å². The van der Waals surface area contributed by atoms with Gasteiger partial charge in [0, 0.05) is 13.2 Å². The molecular formula is C6H16B2O5. The molecular weight excluding hydrogens is 174 g/mol. The molecule has 13 heavy (non-hydrogen) atoms. The Hall–Kier alpha value is -0.0701. The maximum Gasteiger partial charge on any atom is 0.451 e. The fraction of sp³-hybridized carbons (Fsp3) is 1.00. The third-order valence-corrected chi connectivity index (χ3v) is 1.50. The molecule has 0 unspecified atom stereocenters. The molecule has 0 heterocycles. The smallest absolute Gasteiger partial charge is 0.427 e. The van der Waals surface area contributed by atoms with E-state index in [1.165, 1.54) is 0 Å². The minimum Gasteiger partial charge on any atom is -0.427 e. The molecule has 0 aromatic carbocycles. The lowest BCUT2D eigenvalue weighted by atomic mass is 9.84. The van der Waals surface area contributed by atoms with Crippen LogP contribution < -0.4 is 0 Å². The van der Waals surface area contributed by atoms with Crippen molar-refractivity contribution in [3.63, 3.8) is 0 Å². The van der Waals surface area contributed by atoms with E-state index < -0.39 is 14.2 Å². The lowest BCUT2D eigenvalue weighted by molar-refractivity contribution is 0.133. The number of ether oxygens (including phenoxy) is 1. The van der Waals surface area contributed by atoms with Gasteiger partial charge in [0.25, 0.3) is 0 Å². The van der Waals surface area contributed by atoms with E-state index in [4.69, 9.17) is 24.8 Å². The summed E-state index contributed by atoms with van der Waals surface area (Å²) >= 11 is 0. The number of hydrogen-bond acceptors (Lipinski definition) is 5. The summed E-state index contributed by atoms with van der Waals surface area (Å²) in [5.41, 5.74) is 0. The van der Waals surface area contributed by atoms with E-state index in [0.717, 1.165) is 0 Å². The average molecular weight is 190 g/mol. The predicted octanol–water partition coefficient (Wildman–Crippen LogP) is -1.27. The molecule has 0 fully saturated rings. The zero-order valence-corrected chi connectivity index (χ0v) is 7.59. The van der Waals surface area contributed by atoms with E-state index in [2.05, 4.69) is 0 Å². The Morgan fingerprint density at radius 2 is 1.15 bits per heavy atom. The molecule has 0 aromatic heterocycles. The van der Waals surface area contributed by atoms with Crippen molar-refractivity contribution < 1.29 is 24.8 Å². The van der Waals surface area contributed by atoms with Gasteiger partial charge in [0.15, 0.2) is 0 Å². The summed E-state index contributed by atoms with van der Waals surface area (Å²) < 4.78 is 5.09. The molecule has 0 aliphatic heterocycles. The van der Waals surface area contributed by atoms with Crippen molar-refractivity contribution in [2.24, 2.45) is 0 Å². The maximum atomic E-state index is 8.46. The van der Waals surface area contributed by atoms with E-state index in [1.54, 1.807) is 0 Å². The molecule has 0 aromatic rings. The molecule has 0 amide bonds. The first kappa shape index (κ1) is 12.9. The predicted molar refractivity (Wildman–Crippen MR) is 50.1 cm³/mol.